The van der Waals surface area contributed by atoms with Crippen LogP contribution in [0.3, 0.4) is 0 Å². The number of carbonyl (C=O) groups is 3. The van der Waals surface area contributed by atoms with E-state index in [9.17, 15) is 19.5 Å². The van der Waals surface area contributed by atoms with Crippen LogP contribution in [0.25, 0.3) is 0 Å². The van der Waals surface area contributed by atoms with Gasteiger partial charge in [-0.25, -0.2) is 0 Å². The summed E-state index contributed by atoms with van der Waals surface area (Å²) >= 11 is 0. The fourth-order valence-electron chi connectivity index (χ4n) is 6.98. The molecule has 0 aromatic heterocycles. The van der Waals surface area contributed by atoms with Gasteiger partial charge in [0.25, 0.3) is 0 Å². The number of carbonyl (C=O) groups excluding carboxylic acids is 3. The minimum Gasteiger partial charge on any atom is -0.493 e. The molecule has 0 bridgehead atoms. The molecule has 3 aliphatic heterocycles. The highest BCUT2D eigenvalue weighted by Gasteiger charge is 2.47. The quantitative estimate of drug-likeness (QED) is 0.339. The van der Waals surface area contributed by atoms with Crippen LogP contribution < -0.4 is 21.1 Å². The number of fused-ring (bicyclic) bond motifs is 2. The van der Waals surface area contributed by atoms with Crippen LogP contribution in [0.4, 0.5) is 0 Å². The summed E-state index contributed by atoms with van der Waals surface area (Å²) in [5, 5.41) is 15.6. The molecule has 5 N–H and O–H groups in total. The minimum atomic E-state index is -1.11. The number of aliphatic hydroxyl groups excluding tert-OH is 1. The molecule has 1 saturated carbocycles. The fraction of sp³-hybridized carbons (Fsp3) is 0.700. The molecule has 226 valence electrons. The first-order valence-corrected chi connectivity index (χ1v) is 15.2. The summed E-state index contributed by atoms with van der Waals surface area (Å²) in [7, 11) is 0. The molecule has 0 spiro atoms. The maximum absolute atomic E-state index is 14.4. The van der Waals surface area contributed by atoms with Gasteiger partial charge in [0.15, 0.2) is 0 Å². The lowest BCUT2D eigenvalue weighted by Crippen LogP contribution is -2.66. The normalized spacial score (nSPS) is 28.1. The first-order valence-electron chi connectivity index (χ1n) is 15.2. The zero-order chi connectivity index (χ0) is 28.9. The SMILES string of the molecule is CCO[C@@H]1C[C@@H]2CN(C(=O)[C@@H](NC(=O)[C@@H](N)CO)C3CCCCC3)[C@H](C(=O)N[C@@H]3CCOc4ccccc43)CN2C1. The molecular formula is C30H45N5O6. The average molecular weight is 572 g/mol. The summed E-state index contributed by atoms with van der Waals surface area (Å²) in [6.07, 6.45) is 6.18. The molecule has 0 unspecified atom stereocenters. The van der Waals surface area contributed by atoms with Crippen LogP contribution in [0.15, 0.2) is 24.3 Å². The van der Waals surface area contributed by atoms with Crippen LogP contribution in [0.1, 0.15) is 63.5 Å². The molecule has 4 aliphatic rings. The fourth-order valence-corrected chi connectivity index (χ4v) is 6.98. The van der Waals surface area contributed by atoms with Gasteiger partial charge in [-0.05, 0) is 38.2 Å². The largest absolute Gasteiger partial charge is 0.493 e. The van der Waals surface area contributed by atoms with Crippen molar-refractivity contribution in [3.05, 3.63) is 29.8 Å². The van der Waals surface area contributed by atoms with E-state index in [4.69, 9.17) is 15.2 Å². The van der Waals surface area contributed by atoms with Gasteiger partial charge in [0.2, 0.25) is 17.7 Å². The Morgan fingerprint density at radius 1 is 1.12 bits per heavy atom. The molecule has 0 radical (unpaired) electrons. The number of piperazine rings is 1. The maximum atomic E-state index is 14.4. The van der Waals surface area contributed by atoms with Crippen LogP contribution in [0.5, 0.6) is 5.75 Å². The van der Waals surface area contributed by atoms with Gasteiger partial charge >= 0.3 is 0 Å². The number of hydrogen-bond acceptors (Lipinski definition) is 8. The van der Waals surface area contributed by atoms with Gasteiger partial charge in [0, 0.05) is 44.3 Å². The van der Waals surface area contributed by atoms with Crippen molar-refractivity contribution < 1.29 is 29.0 Å². The molecular weight excluding hydrogens is 526 g/mol. The van der Waals surface area contributed by atoms with Crippen LogP contribution in [0, 0.1) is 5.92 Å². The minimum absolute atomic E-state index is 0.0463. The van der Waals surface area contributed by atoms with Gasteiger partial charge in [-0.15, -0.1) is 0 Å². The van der Waals surface area contributed by atoms with Gasteiger partial charge in [-0.1, -0.05) is 37.5 Å². The van der Waals surface area contributed by atoms with E-state index in [1.165, 1.54) is 0 Å². The van der Waals surface area contributed by atoms with E-state index in [0.29, 0.717) is 32.7 Å². The van der Waals surface area contributed by atoms with E-state index in [2.05, 4.69) is 15.5 Å². The molecule has 2 saturated heterocycles. The number of amides is 3. The highest BCUT2D eigenvalue weighted by atomic mass is 16.5. The number of para-hydroxylation sites is 1. The summed E-state index contributed by atoms with van der Waals surface area (Å²) in [5.74, 6) is -0.288. The topological polar surface area (TPSA) is 146 Å². The number of nitrogens with zero attached hydrogens (tertiary/aromatic N) is 2. The van der Waals surface area contributed by atoms with Crippen LogP contribution >= 0.6 is 0 Å². The van der Waals surface area contributed by atoms with Crippen LogP contribution in [-0.2, 0) is 19.1 Å². The van der Waals surface area contributed by atoms with Crippen molar-refractivity contribution in [3.8, 4) is 5.75 Å². The molecule has 1 aromatic rings. The van der Waals surface area contributed by atoms with Gasteiger partial charge in [-0.2, -0.15) is 0 Å². The van der Waals surface area contributed by atoms with Crippen molar-refractivity contribution in [3.63, 3.8) is 0 Å². The monoisotopic (exact) mass is 571 g/mol. The second kappa shape index (κ2) is 13.5. The molecule has 41 heavy (non-hydrogen) atoms. The number of nitrogens with one attached hydrogen (secondary N) is 2. The Bertz CT molecular complexity index is 1080. The smallest absolute Gasteiger partial charge is 0.246 e. The molecule has 11 heteroatoms. The van der Waals surface area contributed by atoms with Crippen LogP contribution in [0.2, 0.25) is 0 Å². The van der Waals surface area contributed by atoms with Gasteiger partial charge in [-0.3, -0.25) is 19.3 Å². The molecule has 11 nitrogen and oxygen atoms in total. The van der Waals surface area contributed by atoms with E-state index in [1.54, 1.807) is 4.90 Å². The third-order valence-electron chi connectivity index (χ3n) is 9.16. The van der Waals surface area contributed by atoms with Crippen molar-refractivity contribution in [1.82, 2.24) is 20.4 Å². The summed E-state index contributed by atoms with van der Waals surface area (Å²) < 4.78 is 11.7. The third kappa shape index (κ3) is 6.69. The molecule has 5 rings (SSSR count). The molecule has 3 amide bonds. The number of benzene rings is 1. The average Bonchev–Trinajstić information content (AvgIpc) is 3.40. The highest BCUT2D eigenvalue weighted by molar-refractivity contribution is 5.93. The van der Waals surface area contributed by atoms with Crippen molar-refractivity contribution in [2.75, 3.05) is 39.5 Å². The molecule has 3 fully saturated rings. The van der Waals surface area contributed by atoms with Crippen molar-refractivity contribution >= 4 is 17.7 Å². The van der Waals surface area contributed by atoms with E-state index in [-0.39, 0.29) is 35.9 Å². The highest BCUT2D eigenvalue weighted by Crippen LogP contribution is 2.34. The number of ether oxygens (including phenoxy) is 2. The van der Waals surface area contributed by atoms with Crippen molar-refractivity contribution in [2.24, 2.45) is 11.7 Å². The summed E-state index contributed by atoms with van der Waals surface area (Å²) in [5.41, 5.74) is 6.76. The second-order valence-electron chi connectivity index (χ2n) is 11.8. The van der Waals surface area contributed by atoms with Crippen molar-refractivity contribution in [2.45, 2.75) is 88.2 Å². The van der Waals surface area contributed by atoms with Gasteiger partial charge in [0.05, 0.1) is 25.4 Å². The van der Waals surface area contributed by atoms with E-state index in [0.717, 1.165) is 56.4 Å². The lowest BCUT2D eigenvalue weighted by atomic mass is 9.82. The zero-order valence-electron chi connectivity index (χ0n) is 24.0. The first kappa shape index (κ1) is 29.8. The molecule has 1 aromatic carbocycles. The Labute approximate surface area is 242 Å². The third-order valence-corrected chi connectivity index (χ3v) is 9.16. The zero-order valence-corrected chi connectivity index (χ0v) is 24.0. The predicted octanol–water partition coefficient (Wildman–Crippen LogP) is 0.701. The Hall–Kier alpha value is -2.73. The predicted molar refractivity (Wildman–Crippen MR) is 152 cm³/mol. The standard InChI is InChI=1S/C30H45N5O6/c1-2-40-21-14-20-15-35(30(39)27(19-8-4-3-5-9-19)33-28(37)23(31)18-36)25(17-34(20)16-21)29(38)32-24-12-13-41-26-11-7-6-10-22(24)26/h6-7,10-11,19-21,23-25,27,36H,2-5,8-9,12-18,31H2,1H3,(H,32,38)(H,33,37)/t20-,21-,23+,24-,25+,27+/m1/s1. The van der Waals surface area contributed by atoms with Crippen LogP contribution in [-0.4, -0.2) is 102 Å². The number of hydrogen-bond donors (Lipinski definition) is 4. The van der Waals surface area contributed by atoms with Crippen molar-refractivity contribution in [1.29, 1.82) is 0 Å². The lowest BCUT2D eigenvalue weighted by molar-refractivity contribution is -0.149. The Kier molecular flexibility index (Phi) is 9.79. The Balaban J connectivity index is 1.40. The first-order chi connectivity index (χ1) is 19.9. The van der Waals surface area contributed by atoms with E-state index >= 15 is 0 Å². The Morgan fingerprint density at radius 3 is 2.66 bits per heavy atom. The van der Waals surface area contributed by atoms with Gasteiger partial charge in [0.1, 0.15) is 23.9 Å². The molecule has 3 heterocycles. The maximum Gasteiger partial charge on any atom is 0.246 e. The van der Waals surface area contributed by atoms with Gasteiger partial charge < -0.3 is 35.8 Å². The number of aliphatic hydroxyl groups is 1. The summed E-state index contributed by atoms with van der Waals surface area (Å²) in [6.45, 7) is 4.09. The van der Waals surface area contributed by atoms with E-state index < -0.39 is 30.6 Å². The molecule has 1 aliphatic carbocycles. The molecule has 6 atom stereocenters. The van der Waals surface area contributed by atoms with E-state index in [1.807, 2.05) is 31.2 Å². The Morgan fingerprint density at radius 2 is 1.90 bits per heavy atom. The lowest BCUT2D eigenvalue weighted by Gasteiger charge is -2.45. The summed E-state index contributed by atoms with van der Waals surface area (Å²) in [4.78, 5) is 45.2. The summed E-state index contributed by atoms with van der Waals surface area (Å²) in [6, 6.07) is 4.94. The second-order valence-corrected chi connectivity index (χ2v) is 11.8. The number of nitrogens with two attached hydrogens (primary N) is 1. The number of rotatable bonds is 9.